The van der Waals surface area contributed by atoms with Crippen LogP contribution in [0.1, 0.15) is 0 Å². The highest BCUT2D eigenvalue weighted by atomic mass is 17.2. The summed E-state index contributed by atoms with van der Waals surface area (Å²) in [4.78, 5) is 7.40. The Balaban J connectivity index is 2.64. The quantitative estimate of drug-likeness (QED) is 0.290. The van der Waals surface area contributed by atoms with E-state index in [1.165, 1.54) is 12.3 Å². The normalized spacial score (nSPS) is 9.80. The van der Waals surface area contributed by atoms with Gasteiger partial charge in [-0.15, -0.1) is 0 Å². The fourth-order valence-corrected chi connectivity index (χ4v) is 0.531. The van der Waals surface area contributed by atoms with Crippen molar-refractivity contribution in [3.05, 3.63) is 12.3 Å². The molecule has 0 bridgehead atoms. The molecule has 0 amide bonds. The van der Waals surface area contributed by atoms with Crippen LogP contribution in [0.5, 0.6) is 0 Å². The van der Waals surface area contributed by atoms with Gasteiger partial charge in [0.25, 0.3) is 0 Å². The van der Waals surface area contributed by atoms with Gasteiger partial charge in [0.1, 0.15) is 0 Å². The molecule has 7 heteroatoms. The van der Waals surface area contributed by atoms with Crippen molar-refractivity contribution < 1.29 is 20.1 Å². The summed E-state index contributed by atoms with van der Waals surface area (Å²) in [5, 5.41) is 22.1. The van der Waals surface area contributed by atoms with Crippen molar-refractivity contribution >= 4 is 12.7 Å². The third-order valence-corrected chi connectivity index (χ3v) is 0.968. The van der Waals surface area contributed by atoms with Crippen LogP contribution < -0.4 is 5.59 Å². The molecule has 54 valence electrons. The molecule has 0 aliphatic rings. The molecule has 1 heterocycles. The summed E-state index contributed by atoms with van der Waals surface area (Å²) in [7, 11) is -1.22. The molecule has 0 aliphatic carbocycles. The fourth-order valence-electron chi connectivity index (χ4n) is 0.531. The Morgan fingerprint density at radius 2 is 2.20 bits per heavy atom. The highest BCUT2D eigenvalue weighted by Crippen LogP contribution is 1.82. The Bertz CT molecular complexity index is 175. The largest absolute Gasteiger partial charge is 0.571 e. The van der Waals surface area contributed by atoms with Crippen molar-refractivity contribution in [1.82, 2.24) is 10.2 Å². The second-order valence-corrected chi connectivity index (χ2v) is 1.55. The molecule has 0 fully saturated rings. The summed E-state index contributed by atoms with van der Waals surface area (Å²) in [5.41, 5.74) is 0.324. The minimum atomic E-state index is -1.22. The number of rotatable bonds is 3. The predicted octanol–water partition coefficient (Wildman–Crippen LogP) is -0.916. The van der Waals surface area contributed by atoms with Gasteiger partial charge in [0, 0.05) is 6.20 Å². The number of hydrogen-bond donors (Lipinski definition) is 3. The first-order valence-corrected chi connectivity index (χ1v) is 2.48. The second kappa shape index (κ2) is 3.33. The van der Waals surface area contributed by atoms with Crippen LogP contribution in [0.25, 0.3) is 0 Å². The molecule has 0 atom stereocenters. The van der Waals surface area contributed by atoms with E-state index in [2.05, 4.69) is 19.8 Å². The first-order valence-electron chi connectivity index (χ1n) is 2.48. The standard InChI is InChI=1S/C3H5BN2O4/c7-9-4(10-8)3-1-2-5-6-3/h1-2,7-8H,(H,5,6). The third kappa shape index (κ3) is 1.34. The van der Waals surface area contributed by atoms with Crippen molar-refractivity contribution in [3.63, 3.8) is 0 Å². The van der Waals surface area contributed by atoms with Crippen molar-refractivity contribution in [2.24, 2.45) is 0 Å². The van der Waals surface area contributed by atoms with Crippen molar-refractivity contribution in [2.75, 3.05) is 0 Å². The monoisotopic (exact) mass is 144 g/mol. The van der Waals surface area contributed by atoms with E-state index in [1.54, 1.807) is 0 Å². The van der Waals surface area contributed by atoms with Crippen molar-refractivity contribution in [2.45, 2.75) is 0 Å². The Morgan fingerprint density at radius 3 is 2.60 bits per heavy atom. The van der Waals surface area contributed by atoms with Gasteiger partial charge in [0.15, 0.2) is 0 Å². The molecule has 3 N–H and O–H groups in total. The Labute approximate surface area is 56.4 Å². The maximum Gasteiger partial charge on any atom is 0.571 e. The van der Waals surface area contributed by atoms with Gasteiger partial charge in [-0.1, -0.05) is 0 Å². The van der Waals surface area contributed by atoms with Crippen LogP contribution in [0.15, 0.2) is 12.3 Å². The highest BCUT2D eigenvalue weighted by molar-refractivity contribution is 6.59. The molecule has 0 unspecified atom stereocenters. The van der Waals surface area contributed by atoms with Crippen LogP contribution in [0, 0.1) is 0 Å². The van der Waals surface area contributed by atoms with E-state index < -0.39 is 7.12 Å². The lowest BCUT2D eigenvalue weighted by molar-refractivity contribution is -0.221. The van der Waals surface area contributed by atoms with E-state index in [-0.39, 0.29) is 0 Å². The lowest BCUT2D eigenvalue weighted by Crippen LogP contribution is -2.36. The molecule has 1 aromatic heterocycles. The molecular weight excluding hydrogens is 139 g/mol. The van der Waals surface area contributed by atoms with Crippen LogP contribution in [0.2, 0.25) is 0 Å². The number of nitrogens with one attached hydrogen (secondary N) is 1. The summed E-state index contributed by atoms with van der Waals surface area (Å²) >= 11 is 0. The summed E-state index contributed by atoms with van der Waals surface area (Å²) < 4.78 is 0. The zero-order valence-electron chi connectivity index (χ0n) is 4.89. The molecule has 0 aromatic carbocycles. The van der Waals surface area contributed by atoms with Gasteiger partial charge in [-0.05, 0) is 6.07 Å². The third-order valence-electron chi connectivity index (χ3n) is 0.968. The first kappa shape index (κ1) is 7.22. The molecule has 0 spiro atoms. The number of aromatic nitrogens is 2. The molecule has 0 saturated heterocycles. The fraction of sp³-hybridized carbons (Fsp3) is 0. The average Bonchev–Trinajstić information content (AvgIpc) is 2.43. The number of aromatic amines is 1. The van der Waals surface area contributed by atoms with Crippen LogP contribution in [0.3, 0.4) is 0 Å². The number of H-pyrrole nitrogens is 1. The Hall–Kier alpha value is -0.885. The van der Waals surface area contributed by atoms with Gasteiger partial charge >= 0.3 is 7.12 Å². The highest BCUT2D eigenvalue weighted by Gasteiger charge is 2.23. The summed E-state index contributed by atoms with van der Waals surface area (Å²) in [6.45, 7) is 0. The Morgan fingerprint density at radius 1 is 1.50 bits per heavy atom. The van der Waals surface area contributed by atoms with Gasteiger partial charge in [0.05, 0.1) is 5.59 Å². The van der Waals surface area contributed by atoms with Gasteiger partial charge < -0.3 is 0 Å². The van der Waals surface area contributed by atoms with Gasteiger partial charge in [-0.2, -0.15) is 5.10 Å². The molecule has 1 rings (SSSR count). The predicted molar refractivity (Wildman–Crippen MR) is 31.4 cm³/mol. The van der Waals surface area contributed by atoms with Crippen LogP contribution in [-0.4, -0.2) is 27.8 Å². The van der Waals surface area contributed by atoms with Crippen molar-refractivity contribution in [3.8, 4) is 0 Å². The Kier molecular flexibility index (Phi) is 2.40. The van der Waals surface area contributed by atoms with E-state index in [9.17, 15) is 0 Å². The average molecular weight is 144 g/mol. The second-order valence-electron chi connectivity index (χ2n) is 1.55. The van der Waals surface area contributed by atoms with E-state index in [1.807, 2.05) is 0 Å². The van der Waals surface area contributed by atoms with Gasteiger partial charge in [0.2, 0.25) is 0 Å². The van der Waals surface area contributed by atoms with Crippen LogP contribution in [0.4, 0.5) is 0 Å². The molecule has 0 aliphatic heterocycles. The van der Waals surface area contributed by atoms with Gasteiger partial charge in [-0.3, -0.25) is 25.2 Å². The SMILES string of the molecule is OOB(OO)c1ccn[nH]1. The number of nitrogens with zero attached hydrogens (tertiary/aromatic N) is 1. The molecule has 6 nitrogen and oxygen atoms in total. The lowest BCUT2D eigenvalue weighted by atomic mass is 9.86. The zero-order chi connectivity index (χ0) is 7.40. The van der Waals surface area contributed by atoms with E-state index >= 15 is 0 Å². The van der Waals surface area contributed by atoms with E-state index in [4.69, 9.17) is 10.5 Å². The summed E-state index contributed by atoms with van der Waals surface area (Å²) in [6.07, 6.45) is 1.43. The molecule has 10 heavy (non-hydrogen) atoms. The van der Waals surface area contributed by atoms with Crippen molar-refractivity contribution in [1.29, 1.82) is 0 Å². The maximum atomic E-state index is 8.07. The summed E-state index contributed by atoms with van der Waals surface area (Å²) in [6, 6.07) is 1.48. The minimum Gasteiger partial charge on any atom is -0.286 e. The smallest absolute Gasteiger partial charge is 0.286 e. The molecule has 0 saturated carbocycles. The van der Waals surface area contributed by atoms with Gasteiger partial charge in [-0.25, -0.2) is 0 Å². The zero-order valence-corrected chi connectivity index (χ0v) is 4.89. The van der Waals surface area contributed by atoms with Crippen LogP contribution in [-0.2, 0) is 9.61 Å². The van der Waals surface area contributed by atoms with E-state index in [0.717, 1.165) is 0 Å². The first-order chi connectivity index (χ1) is 4.88. The summed E-state index contributed by atoms with van der Waals surface area (Å²) in [5.74, 6) is 0. The maximum absolute atomic E-state index is 8.07. The molecule has 1 aromatic rings. The lowest BCUT2D eigenvalue weighted by Gasteiger charge is -1.99. The number of hydrogen-bond acceptors (Lipinski definition) is 5. The molecular formula is C3H5BN2O4. The van der Waals surface area contributed by atoms with E-state index in [0.29, 0.717) is 5.59 Å². The minimum absolute atomic E-state index is 0.324. The van der Waals surface area contributed by atoms with Crippen LogP contribution >= 0.6 is 0 Å². The topological polar surface area (TPSA) is 87.6 Å². The molecule has 0 radical (unpaired) electrons.